The molecule has 0 atom stereocenters. The average Bonchev–Trinajstić information content (AvgIpc) is 3.11. The first kappa shape index (κ1) is 15.8. The lowest BCUT2D eigenvalue weighted by molar-refractivity contribution is 0.101. The number of nitrogens with one attached hydrogen (secondary N) is 2. The number of carbonyl (C=O) groups is 2. The molecule has 0 bridgehead atoms. The molecule has 0 saturated carbocycles. The molecule has 0 unspecified atom stereocenters. The zero-order valence-corrected chi connectivity index (χ0v) is 13.1. The van der Waals surface area contributed by atoms with Gasteiger partial charge in [0, 0.05) is 5.56 Å². The van der Waals surface area contributed by atoms with Crippen LogP contribution in [0.3, 0.4) is 0 Å². The van der Waals surface area contributed by atoms with Crippen molar-refractivity contribution in [2.45, 2.75) is 0 Å². The van der Waals surface area contributed by atoms with E-state index in [1.807, 2.05) is 5.38 Å². The van der Waals surface area contributed by atoms with E-state index >= 15 is 0 Å². The second kappa shape index (κ2) is 7.01. The van der Waals surface area contributed by atoms with E-state index in [9.17, 15) is 14.0 Å². The lowest BCUT2D eigenvalue weighted by atomic mass is 10.2. The molecule has 2 heterocycles. The summed E-state index contributed by atoms with van der Waals surface area (Å²) >= 11 is 1.33. The van der Waals surface area contributed by atoms with Crippen molar-refractivity contribution in [3.8, 4) is 0 Å². The van der Waals surface area contributed by atoms with E-state index in [2.05, 4.69) is 15.6 Å². The number of nitrogens with zero attached hydrogens (tertiary/aromatic N) is 1. The van der Waals surface area contributed by atoms with Gasteiger partial charge in [-0.1, -0.05) is 12.1 Å². The van der Waals surface area contributed by atoms with Gasteiger partial charge in [0.15, 0.2) is 0 Å². The van der Waals surface area contributed by atoms with Crippen LogP contribution < -0.4 is 10.6 Å². The van der Waals surface area contributed by atoms with Gasteiger partial charge >= 0.3 is 0 Å². The largest absolute Gasteiger partial charge is 0.321 e. The van der Waals surface area contributed by atoms with Crippen molar-refractivity contribution in [2.24, 2.45) is 0 Å². The van der Waals surface area contributed by atoms with Gasteiger partial charge < -0.3 is 10.6 Å². The smallest absolute Gasteiger partial charge is 0.266 e. The Morgan fingerprint density at radius 3 is 2.54 bits per heavy atom. The summed E-state index contributed by atoms with van der Waals surface area (Å²) in [5, 5.41) is 7.09. The first-order valence-electron chi connectivity index (χ1n) is 6.99. The molecule has 24 heavy (non-hydrogen) atoms. The Labute approximate surface area is 141 Å². The first-order chi connectivity index (χ1) is 11.6. The Hall–Kier alpha value is -3.06. The summed E-state index contributed by atoms with van der Waals surface area (Å²) in [6, 6.07) is 12.1. The maximum Gasteiger partial charge on any atom is 0.266 e. The van der Waals surface area contributed by atoms with Crippen molar-refractivity contribution in [3.05, 3.63) is 76.4 Å². The topological polar surface area (TPSA) is 71.1 Å². The van der Waals surface area contributed by atoms with Gasteiger partial charge in [0.05, 0.1) is 16.8 Å². The third kappa shape index (κ3) is 3.82. The summed E-state index contributed by atoms with van der Waals surface area (Å²) in [7, 11) is 0. The molecule has 7 heteroatoms. The van der Waals surface area contributed by atoms with Crippen molar-refractivity contribution < 1.29 is 14.0 Å². The maximum absolute atomic E-state index is 13.1. The highest BCUT2D eigenvalue weighted by Gasteiger charge is 2.09. The molecule has 120 valence electrons. The molecule has 5 nitrogen and oxygen atoms in total. The number of amides is 2. The Morgan fingerprint density at radius 1 is 1.00 bits per heavy atom. The highest BCUT2D eigenvalue weighted by Crippen LogP contribution is 2.14. The normalized spacial score (nSPS) is 10.2. The fourth-order valence-electron chi connectivity index (χ4n) is 1.96. The van der Waals surface area contributed by atoms with Gasteiger partial charge in [-0.25, -0.2) is 9.37 Å². The monoisotopic (exact) mass is 341 g/mol. The van der Waals surface area contributed by atoms with Crippen LogP contribution in [0.25, 0.3) is 0 Å². The number of halogens is 1. The van der Waals surface area contributed by atoms with Crippen molar-refractivity contribution in [3.63, 3.8) is 0 Å². The van der Waals surface area contributed by atoms with Gasteiger partial charge in [0.1, 0.15) is 11.6 Å². The average molecular weight is 341 g/mol. The van der Waals surface area contributed by atoms with E-state index in [-0.39, 0.29) is 11.5 Å². The van der Waals surface area contributed by atoms with Crippen LogP contribution in [0.15, 0.2) is 60.1 Å². The van der Waals surface area contributed by atoms with E-state index in [4.69, 9.17) is 0 Å². The number of hydrogen-bond acceptors (Lipinski definition) is 4. The number of benzene rings is 1. The van der Waals surface area contributed by atoms with Crippen molar-refractivity contribution in [2.75, 3.05) is 10.6 Å². The van der Waals surface area contributed by atoms with E-state index in [1.165, 1.54) is 35.7 Å². The molecule has 0 fully saturated rings. The molecule has 2 N–H and O–H groups in total. The second-order valence-corrected chi connectivity index (χ2v) is 5.78. The van der Waals surface area contributed by atoms with Crippen LogP contribution in [0, 0.1) is 5.82 Å². The van der Waals surface area contributed by atoms with E-state index in [0.717, 1.165) is 6.07 Å². The maximum atomic E-state index is 13.1. The van der Waals surface area contributed by atoms with Crippen LogP contribution in [-0.2, 0) is 0 Å². The van der Waals surface area contributed by atoms with Gasteiger partial charge in [0.2, 0.25) is 0 Å². The number of anilines is 2. The number of pyridine rings is 1. The third-order valence-electron chi connectivity index (χ3n) is 3.09. The van der Waals surface area contributed by atoms with Crippen molar-refractivity contribution in [1.82, 2.24) is 4.98 Å². The van der Waals surface area contributed by atoms with E-state index < -0.39 is 11.7 Å². The third-order valence-corrected chi connectivity index (χ3v) is 3.96. The fourth-order valence-corrected chi connectivity index (χ4v) is 2.58. The summed E-state index contributed by atoms with van der Waals surface area (Å²) in [4.78, 5) is 28.6. The highest BCUT2D eigenvalue weighted by atomic mass is 32.1. The zero-order valence-electron chi connectivity index (χ0n) is 12.3. The lowest BCUT2D eigenvalue weighted by Crippen LogP contribution is -2.13. The van der Waals surface area contributed by atoms with Crippen molar-refractivity contribution in [1.29, 1.82) is 0 Å². The quantitative estimate of drug-likeness (QED) is 0.758. The summed E-state index contributed by atoms with van der Waals surface area (Å²) in [5.41, 5.74) is 0.656. The molecule has 0 spiro atoms. The number of carbonyl (C=O) groups excluding carboxylic acids is 2. The standard InChI is InChI=1S/C17H12FN3O2S/c18-12-4-1-3-11(9-12)16(22)20-13-6-7-15(19-10-13)21-17(23)14-5-2-8-24-14/h1-10H,(H,20,22)(H,19,21,23). The number of thiophene rings is 1. The number of hydrogen-bond donors (Lipinski definition) is 2. The molecule has 2 aromatic heterocycles. The van der Waals surface area contributed by atoms with Crippen LogP contribution in [-0.4, -0.2) is 16.8 Å². The van der Waals surface area contributed by atoms with Gasteiger partial charge in [-0.15, -0.1) is 11.3 Å². The highest BCUT2D eigenvalue weighted by molar-refractivity contribution is 7.12. The minimum absolute atomic E-state index is 0.213. The molecular formula is C17H12FN3O2S. The summed E-state index contributed by atoms with van der Waals surface area (Å²) in [5.74, 6) is -0.787. The van der Waals surface area contributed by atoms with Gasteiger partial charge in [-0.2, -0.15) is 0 Å². The molecule has 0 radical (unpaired) electrons. The molecule has 0 aliphatic carbocycles. The van der Waals surface area contributed by atoms with E-state index in [1.54, 1.807) is 24.3 Å². The Morgan fingerprint density at radius 2 is 1.88 bits per heavy atom. The van der Waals surface area contributed by atoms with E-state index in [0.29, 0.717) is 16.4 Å². The number of rotatable bonds is 4. The van der Waals surface area contributed by atoms with Crippen LogP contribution in [0.1, 0.15) is 20.0 Å². The summed E-state index contributed by atoms with van der Waals surface area (Å²) < 4.78 is 13.1. The predicted octanol–water partition coefficient (Wildman–Crippen LogP) is 3.79. The van der Waals surface area contributed by atoms with Crippen LogP contribution in [0.2, 0.25) is 0 Å². The molecule has 0 aliphatic rings. The molecule has 2 amide bonds. The predicted molar refractivity (Wildman–Crippen MR) is 90.9 cm³/mol. The Bertz CT molecular complexity index is 864. The lowest BCUT2D eigenvalue weighted by Gasteiger charge is -2.07. The molecule has 3 rings (SSSR count). The van der Waals surface area contributed by atoms with Crippen LogP contribution in [0.4, 0.5) is 15.9 Å². The first-order valence-corrected chi connectivity index (χ1v) is 7.87. The molecule has 0 aliphatic heterocycles. The molecule has 3 aromatic rings. The van der Waals surface area contributed by atoms with Gasteiger partial charge in [0.25, 0.3) is 11.8 Å². The minimum atomic E-state index is -0.479. The number of aromatic nitrogens is 1. The SMILES string of the molecule is O=C(Nc1ccc(NC(=O)c2cccs2)nc1)c1cccc(F)c1. The van der Waals surface area contributed by atoms with Gasteiger partial charge in [-0.3, -0.25) is 9.59 Å². The van der Waals surface area contributed by atoms with Crippen LogP contribution >= 0.6 is 11.3 Å². The summed E-state index contributed by atoms with van der Waals surface area (Å²) in [6.45, 7) is 0. The summed E-state index contributed by atoms with van der Waals surface area (Å²) in [6.07, 6.45) is 1.42. The Balaban J connectivity index is 1.64. The minimum Gasteiger partial charge on any atom is -0.321 e. The fraction of sp³-hybridized carbons (Fsp3) is 0. The Kier molecular flexibility index (Phi) is 4.62. The van der Waals surface area contributed by atoms with Gasteiger partial charge in [-0.05, 0) is 41.8 Å². The van der Waals surface area contributed by atoms with Crippen molar-refractivity contribution >= 4 is 34.7 Å². The zero-order chi connectivity index (χ0) is 16.9. The molecule has 0 saturated heterocycles. The second-order valence-electron chi connectivity index (χ2n) is 4.83. The van der Waals surface area contributed by atoms with Crippen LogP contribution in [0.5, 0.6) is 0 Å². The molecule has 1 aromatic carbocycles. The molecular weight excluding hydrogens is 329 g/mol.